The highest BCUT2D eigenvalue weighted by Crippen LogP contribution is 1.93. The number of hydrogen-bond donors (Lipinski definition) is 3. The van der Waals surface area contributed by atoms with Gasteiger partial charge in [0.2, 0.25) is 5.90 Å². The van der Waals surface area contributed by atoms with Crippen LogP contribution in [0.15, 0.2) is 17.3 Å². The zero-order chi connectivity index (χ0) is 8.85. The molecule has 0 aromatic carbocycles. The Morgan fingerprint density at radius 2 is 2.36 bits per heavy atom. The second-order valence-electron chi connectivity index (χ2n) is 2.09. The van der Waals surface area contributed by atoms with Gasteiger partial charge in [0.15, 0.2) is 0 Å². The van der Waals surface area contributed by atoms with Crippen molar-refractivity contribution in [2.45, 2.75) is 13.0 Å². The van der Waals surface area contributed by atoms with Gasteiger partial charge in [-0.25, -0.2) is 4.99 Å². The summed E-state index contributed by atoms with van der Waals surface area (Å²) >= 11 is 0. The topological polar surface area (TPSA) is 93.9 Å². The summed E-state index contributed by atoms with van der Waals surface area (Å²) in [6.07, 6.45) is 0. The highest BCUT2D eigenvalue weighted by atomic mass is 16.6. The van der Waals surface area contributed by atoms with Gasteiger partial charge < -0.3 is 15.7 Å². The fraction of sp³-hybridized carbons (Fsp3) is 0.500. The van der Waals surface area contributed by atoms with Crippen molar-refractivity contribution >= 4 is 5.90 Å². The van der Waals surface area contributed by atoms with E-state index >= 15 is 0 Å². The molecule has 0 saturated carbocycles. The van der Waals surface area contributed by atoms with Gasteiger partial charge in [-0.3, -0.25) is 0 Å². The summed E-state index contributed by atoms with van der Waals surface area (Å²) < 4.78 is 0. The molecule has 0 saturated heterocycles. The Morgan fingerprint density at radius 3 is 2.64 bits per heavy atom. The second-order valence-corrected chi connectivity index (χ2v) is 2.09. The van der Waals surface area contributed by atoms with E-state index in [1.165, 1.54) is 0 Å². The molecule has 0 heterocycles. The van der Waals surface area contributed by atoms with Gasteiger partial charge in [-0.1, -0.05) is 6.58 Å². The van der Waals surface area contributed by atoms with Crippen LogP contribution < -0.4 is 11.6 Å². The normalized spacial score (nSPS) is 14.4. The Morgan fingerprint density at radius 1 is 1.82 bits per heavy atom. The van der Waals surface area contributed by atoms with Gasteiger partial charge in [-0.05, 0) is 6.92 Å². The molecule has 0 rings (SSSR count). The molecule has 64 valence electrons. The first-order valence-corrected chi connectivity index (χ1v) is 3.09. The van der Waals surface area contributed by atoms with Gasteiger partial charge in [0.25, 0.3) is 0 Å². The molecule has 0 aliphatic carbocycles. The average molecular weight is 159 g/mol. The zero-order valence-corrected chi connectivity index (χ0v) is 6.45. The van der Waals surface area contributed by atoms with Crippen molar-refractivity contribution in [1.82, 2.24) is 0 Å². The van der Waals surface area contributed by atoms with Gasteiger partial charge in [-0.15, -0.1) is 0 Å². The van der Waals surface area contributed by atoms with Crippen molar-refractivity contribution in [2.75, 3.05) is 6.61 Å². The Hall–Kier alpha value is -0.910. The van der Waals surface area contributed by atoms with Crippen LogP contribution in [0.5, 0.6) is 0 Å². The summed E-state index contributed by atoms with van der Waals surface area (Å²) in [6.45, 7) is 4.91. The largest absolute Gasteiger partial charge is 0.394 e. The number of nitrogens with zero attached hydrogens (tertiary/aromatic N) is 1. The van der Waals surface area contributed by atoms with Crippen molar-refractivity contribution in [2.24, 2.45) is 16.6 Å². The number of allylic oxidation sites excluding steroid dienone is 1. The fourth-order valence-electron chi connectivity index (χ4n) is 0.463. The predicted octanol–water partition coefficient (Wildman–Crippen LogP) is -0.872. The first kappa shape index (κ1) is 10.1. The Balaban J connectivity index is 4.26. The number of nitrogens with two attached hydrogens (primary N) is 2. The molecule has 0 aliphatic rings. The van der Waals surface area contributed by atoms with E-state index in [1.54, 1.807) is 6.92 Å². The van der Waals surface area contributed by atoms with E-state index in [2.05, 4.69) is 16.4 Å². The van der Waals surface area contributed by atoms with Gasteiger partial charge in [0, 0.05) is 5.70 Å². The molecule has 5 N–H and O–H groups in total. The number of hydrogen-bond acceptors (Lipinski definition) is 5. The lowest BCUT2D eigenvalue weighted by Gasteiger charge is -2.08. The van der Waals surface area contributed by atoms with Crippen LogP contribution in [-0.4, -0.2) is 23.7 Å². The molecule has 5 nitrogen and oxygen atoms in total. The van der Waals surface area contributed by atoms with Crippen LogP contribution in [0, 0.1) is 0 Å². The molecule has 0 fully saturated rings. The Labute approximate surface area is 65.3 Å². The minimum absolute atomic E-state index is 0.0833. The monoisotopic (exact) mass is 159 g/mol. The van der Waals surface area contributed by atoms with E-state index < -0.39 is 6.04 Å². The third-order valence-corrected chi connectivity index (χ3v) is 0.936. The highest BCUT2D eigenvalue weighted by Gasteiger charge is 2.10. The lowest BCUT2D eigenvalue weighted by atomic mass is 10.3. The zero-order valence-electron chi connectivity index (χ0n) is 6.45. The minimum atomic E-state index is -0.684. The van der Waals surface area contributed by atoms with Gasteiger partial charge in [-0.2, -0.15) is 5.90 Å². The smallest absolute Gasteiger partial charge is 0.232 e. The molecule has 0 aromatic rings. The molecule has 0 radical (unpaired) electrons. The Kier molecular flexibility index (Phi) is 4.44. The quantitative estimate of drug-likeness (QED) is 0.283. The van der Waals surface area contributed by atoms with Crippen LogP contribution in [0.2, 0.25) is 0 Å². The number of rotatable bonds is 3. The fourth-order valence-corrected chi connectivity index (χ4v) is 0.463. The average Bonchev–Trinajstić information content (AvgIpc) is 1.98. The van der Waals surface area contributed by atoms with Crippen LogP contribution >= 0.6 is 0 Å². The molecule has 0 amide bonds. The maximum absolute atomic E-state index is 8.58. The van der Waals surface area contributed by atoms with E-state index in [-0.39, 0.29) is 12.5 Å². The summed E-state index contributed by atoms with van der Waals surface area (Å²) in [6, 6.07) is -0.684. The summed E-state index contributed by atoms with van der Waals surface area (Å²) in [4.78, 5) is 8.07. The first-order valence-electron chi connectivity index (χ1n) is 3.09. The van der Waals surface area contributed by atoms with E-state index in [4.69, 9.17) is 16.7 Å². The predicted molar refractivity (Wildman–Crippen MR) is 42.6 cm³/mol. The Bertz CT molecular complexity index is 167. The van der Waals surface area contributed by atoms with Crippen molar-refractivity contribution in [3.63, 3.8) is 0 Å². The molecular formula is C6H13N3O2. The van der Waals surface area contributed by atoms with Crippen molar-refractivity contribution in [3.05, 3.63) is 12.3 Å². The van der Waals surface area contributed by atoms with Crippen molar-refractivity contribution in [1.29, 1.82) is 0 Å². The molecule has 0 aromatic heterocycles. The molecule has 1 unspecified atom stereocenters. The summed E-state index contributed by atoms with van der Waals surface area (Å²) in [5, 5.41) is 8.58. The lowest BCUT2D eigenvalue weighted by Crippen LogP contribution is -2.37. The molecule has 0 spiro atoms. The van der Waals surface area contributed by atoms with Crippen molar-refractivity contribution in [3.8, 4) is 0 Å². The van der Waals surface area contributed by atoms with Crippen LogP contribution in [0.25, 0.3) is 0 Å². The van der Waals surface area contributed by atoms with Gasteiger partial charge in [0.1, 0.15) is 6.04 Å². The molecule has 0 aliphatic heterocycles. The molecule has 5 heteroatoms. The minimum Gasteiger partial charge on any atom is -0.394 e. The van der Waals surface area contributed by atoms with E-state index in [0.29, 0.717) is 5.70 Å². The third-order valence-electron chi connectivity index (χ3n) is 0.936. The molecule has 0 bridgehead atoms. The molecule has 11 heavy (non-hydrogen) atoms. The van der Waals surface area contributed by atoms with Crippen LogP contribution in [0.3, 0.4) is 0 Å². The van der Waals surface area contributed by atoms with Gasteiger partial charge >= 0.3 is 0 Å². The van der Waals surface area contributed by atoms with Crippen LogP contribution in [-0.2, 0) is 4.84 Å². The maximum Gasteiger partial charge on any atom is 0.232 e. The SMILES string of the molecule is C=C(C)/N=C(\ON)C(N)CO. The summed E-state index contributed by atoms with van der Waals surface area (Å²) in [5.41, 5.74) is 5.87. The summed E-state index contributed by atoms with van der Waals surface area (Å²) in [7, 11) is 0. The second kappa shape index (κ2) is 4.84. The van der Waals surface area contributed by atoms with E-state index in [0.717, 1.165) is 0 Å². The number of aliphatic hydroxyl groups excluding tert-OH is 1. The van der Waals surface area contributed by atoms with Crippen molar-refractivity contribution < 1.29 is 9.94 Å². The van der Waals surface area contributed by atoms with E-state index in [1.807, 2.05) is 0 Å². The number of aliphatic imine (C=N–C) groups is 1. The standard InChI is InChI=1S/C6H13N3O2/c1-4(2)9-6(11-8)5(7)3-10/h5,10H,1,3,7-8H2,2H3/b9-6-. The van der Waals surface area contributed by atoms with Crippen LogP contribution in [0.4, 0.5) is 0 Å². The lowest BCUT2D eigenvalue weighted by molar-refractivity contribution is 0.251. The van der Waals surface area contributed by atoms with Gasteiger partial charge in [0.05, 0.1) is 6.61 Å². The maximum atomic E-state index is 8.58. The molecule has 1 atom stereocenters. The first-order chi connectivity index (χ1) is 5.11. The molecular weight excluding hydrogens is 146 g/mol. The summed E-state index contributed by atoms with van der Waals surface area (Å²) in [5.74, 6) is 4.92. The van der Waals surface area contributed by atoms with E-state index in [9.17, 15) is 0 Å². The van der Waals surface area contributed by atoms with Crippen LogP contribution in [0.1, 0.15) is 6.92 Å². The number of aliphatic hydroxyl groups is 1. The third kappa shape index (κ3) is 3.72. The highest BCUT2D eigenvalue weighted by molar-refractivity contribution is 5.82.